The summed E-state index contributed by atoms with van der Waals surface area (Å²) in [5.74, 6) is 1.21. The number of hydrogen-bond acceptors (Lipinski definition) is 4. The molecule has 0 aliphatic carbocycles. The van der Waals surface area contributed by atoms with Gasteiger partial charge in [0, 0.05) is 23.0 Å². The molecule has 3 amide bonds. The highest BCUT2D eigenvalue weighted by Crippen LogP contribution is 2.34. The first kappa shape index (κ1) is 26.1. The molecule has 0 unspecified atom stereocenters. The number of carbonyl (C=O) groups is 2. The molecule has 186 valence electrons. The predicted octanol–water partition coefficient (Wildman–Crippen LogP) is 5.59. The van der Waals surface area contributed by atoms with E-state index in [0.717, 1.165) is 17.7 Å². The van der Waals surface area contributed by atoms with Crippen molar-refractivity contribution < 1.29 is 14.3 Å². The molecule has 0 saturated carbocycles. The molecule has 1 aliphatic heterocycles. The lowest BCUT2D eigenvalue weighted by Crippen LogP contribution is -2.54. The Kier molecular flexibility index (Phi) is 8.29. The lowest BCUT2D eigenvalue weighted by molar-refractivity contribution is -0.135. The Labute approximate surface area is 208 Å². The van der Waals surface area contributed by atoms with Gasteiger partial charge >= 0.3 is 6.03 Å². The molecule has 1 atom stereocenters. The van der Waals surface area contributed by atoms with Crippen LogP contribution in [-0.2, 0) is 11.2 Å². The zero-order valence-electron chi connectivity index (χ0n) is 21.6. The van der Waals surface area contributed by atoms with Crippen LogP contribution in [-0.4, -0.2) is 53.0 Å². The summed E-state index contributed by atoms with van der Waals surface area (Å²) >= 11 is 1.73. The summed E-state index contributed by atoms with van der Waals surface area (Å²) < 4.78 is 6.17. The summed E-state index contributed by atoms with van der Waals surface area (Å²) in [6.45, 7) is 15.1. The quantitative estimate of drug-likeness (QED) is 0.556. The minimum absolute atomic E-state index is 0.0403. The maximum atomic E-state index is 13.5. The zero-order valence-corrected chi connectivity index (χ0v) is 22.4. The maximum absolute atomic E-state index is 13.5. The fraction of sp³-hybridized carbons (Fsp3) is 0.556. The first-order valence-corrected chi connectivity index (χ1v) is 13.0. The van der Waals surface area contributed by atoms with Crippen LogP contribution in [0.5, 0.6) is 5.75 Å². The van der Waals surface area contributed by atoms with Crippen LogP contribution in [0.25, 0.3) is 0 Å². The number of urea groups is 1. The largest absolute Gasteiger partial charge is 0.491 e. The highest BCUT2D eigenvalue weighted by atomic mass is 32.1. The second-order valence-corrected chi connectivity index (χ2v) is 11.6. The molecular weight excluding hydrogens is 446 g/mol. The van der Waals surface area contributed by atoms with E-state index in [2.05, 4.69) is 42.7 Å². The average molecular weight is 486 g/mol. The highest BCUT2D eigenvalue weighted by molar-refractivity contribution is 7.10. The first-order chi connectivity index (χ1) is 16.0. The predicted molar refractivity (Wildman–Crippen MR) is 139 cm³/mol. The Morgan fingerprint density at radius 1 is 1.15 bits per heavy atom. The van der Waals surface area contributed by atoms with Gasteiger partial charge in [0.2, 0.25) is 5.91 Å². The minimum atomic E-state index is -0.370. The molecule has 0 saturated heterocycles. The van der Waals surface area contributed by atoms with Gasteiger partial charge in [-0.15, -0.1) is 11.3 Å². The minimum Gasteiger partial charge on any atom is -0.491 e. The van der Waals surface area contributed by atoms with Crippen LogP contribution in [0.1, 0.15) is 76.4 Å². The molecule has 1 aromatic heterocycles. The molecule has 1 aliphatic rings. The van der Waals surface area contributed by atoms with Crippen LogP contribution >= 0.6 is 11.3 Å². The van der Waals surface area contributed by atoms with Crippen molar-refractivity contribution in [3.05, 3.63) is 51.7 Å². The number of nitrogens with one attached hydrogen (secondary N) is 1. The molecule has 0 fully saturated rings. The van der Waals surface area contributed by atoms with Crippen LogP contribution in [0, 0.1) is 0 Å². The highest BCUT2D eigenvalue weighted by Gasteiger charge is 2.34. The summed E-state index contributed by atoms with van der Waals surface area (Å²) in [6.07, 6.45) is 0.828. The van der Waals surface area contributed by atoms with Crippen molar-refractivity contribution in [3.63, 3.8) is 0 Å². The van der Waals surface area contributed by atoms with E-state index in [9.17, 15) is 9.59 Å². The number of carbonyl (C=O) groups excluding carboxylic acids is 2. The molecule has 2 heterocycles. The Bertz CT molecular complexity index is 976. The topological polar surface area (TPSA) is 61.9 Å². The molecule has 3 rings (SSSR count). The smallest absolute Gasteiger partial charge is 0.318 e. The van der Waals surface area contributed by atoms with Crippen molar-refractivity contribution in [3.8, 4) is 5.75 Å². The third kappa shape index (κ3) is 6.53. The van der Waals surface area contributed by atoms with Crippen LogP contribution in [0.3, 0.4) is 0 Å². The van der Waals surface area contributed by atoms with Gasteiger partial charge in [0.15, 0.2) is 0 Å². The van der Waals surface area contributed by atoms with Crippen molar-refractivity contribution in [1.29, 1.82) is 0 Å². The molecule has 0 bridgehead atoms. The third-order valence-electron chi connectivity index (χ3n) is 6.04. The second kappa shape index (κ2) is 10.8. The normalized spacial score (nSPS) is 15.9. The van der Waals surface area contributed by atoms with Gasteiger partial charge < -0.3 is 19.9 Å². The van der Waals surface area contributed by atoms with Gasteiger partial charge in [-0.05, 0) is 81.7 Å². The van der Waals surface area contributed by atoms with E-state index in [1.807, 2.05) is 51.7 Å². The number of hydrogen-bond donors (Lipinski definition) is 1. The van der Waals surface area contributed by atoms with E-state index >= 15 is 0 Å². The second-order valence-electron chi connectivity index (χ2n) is 10.6. The lowest BCUT2D eigenvalue weighted by Gasteiger charge is -2.38. The molecular formula is C27H39N3O3S. The van der Waals surface area contributed by atoms with E-state index in [0.29, 0.717) is 19.1 Å². The molecule has 1 N–H and O–H groups in total. The zero-order chi connectivity index (χ0) is 25.0. The van der Waals surface area contributed by atoms with Crippen LogP contribution in [0.2, 0.25) is 0 Å². The van der Waals surface area contributed by atoms with Crippen molar-refractivity contribution >= 4 is 23.3 Å². The van der Waals surface area contributed by atoms with E-state index in [-0.39, 0.29) is 36.1 Å². The number of thiophene rings is 1. The average Bonchev–Trinajstić information content (AvgIpc) is 3.23. The molecule has 7 heteroatoms. The van der Waals surface area contributed by atoms with E-state index < -0.39 is 0 Å². The van der Waals surface area contributed by atoms with Gasteiger partial charge in [-0.1, -0.05) is 26.0 Å². The third-order valence-corrected chi connectivity index (χ3v) is 7.04. The molecule has 1 aromatic carbocycles. The lowest BCUT2D eigenvalue weighted by atomic mass is 10.00. The van der Waals surface area contributed by atoms with E-state index in [1.54, 1.807) is 16.2 Å². The van der Waals surface area contributed by atoms with Gasteiger partial charge in [0.05, 0.1) is 6.04 Å². The number of nitrogens with zero attached hydrogens (tertiary/aromatic N) is 2. The fourth-order valence-corrected chi connectivity index (χ4v) is 5.04. The monoisotopic (exact) mass is 485 g/mol. The van der Waals surface area contributed by atoms with Crippen molar-refractivity contribution in [2.45, 2.75) is 78.4 Å². The number of amides is 3. The van der Waals surface area contributed by atoms with Crippen molar-refractivity contribution in [2.75, 3.05) is 19.7 Å². The van der Waals surface area contributed by atoms with Crippen LogP contribution in [0.4, 0.5) is 4.79 Å². The van der Waals surface area contributed by atoms with Crippen LogP contribution < -0.4 is 10.1 Å². The first-order valence-electron chi connectivity index (χ1n) is 12.1. The summed E-state index contributed by atoms with van der Waals surface area (Å²) in [6, 6.07) is 9.78. The Balaban J connectivity index is 1.75. The number of fused-ring (bicyclic) bond motifs is 1. The van der Waals surface area contributed by atoms with Gasteiger partial charge in [-0.25, -0.2) is 4.79 Å². The summed E-state index contributed by atoms with van der Waals surface area (Å²) in [4.78, 5) is 31.2. The Morgan fingerprint density at radius 2 is 1.82 bits per heavy atom. The summed E-state index contributed by atoms with van der Waals surface area (Å²) in [5.41, 5.74) is 2.05. The van der Waals surface area contributed by atoms with E-state index in [1.165, 1.54) is 10.4 Å². The maximum Gasteiger partial charge on any atom is 0.318 e. The Morgan fingerprint density at radius 3 is 2.41 bits per heavy atom. The van der Waals surface area contributed by atoms with Gasteiger partial charge in [-0.2, -0.15) is 0 Å². The number of rotatable bonds is 7. The molecule has 0 spiro atoms. The van der Waals surface area contributed by atoms with Crippen molar-refractivity contribution in [1.82, 2.24) is 15.1 Å². The van der Waals surface area contributed by atoms with Gasteiger partial charge in [-0.3, -0.25) is 4.79 Å². The van der Waals surface area contributed by atoms with E-state index in [4.69, 9.17) is 4.74 Å². The standard InChI is InChI=1S/C27H39N3O3S/c1-18(2)20-8-10-21(11-9-20)33-17-23-22-13-15-34-24(22)12-14-29(23)25(31)16-30(19(3)4)26(32)28-27(5,6)7/h8-11,13,15,18-19,23H,12,14,16-17H2,1-7H3,(H,28,32)/t23-/m0/s1. The number of benzene rings is 1. The Hall–Kier alpha value is -2.54. The van der Waals surface area contributed by atoms with Gasteiger partial charge in [0.1, 0.15) is 18.9 Å². The van der Waals surface area contributed by atoms with Crippen molar-refractivity contribution in [2.24, 2.45) is 0 Å². The summed E-state index contributed by atoms with van der Waals surface area (Å²) in [7, 11) is 0. The molecule has 6 nitrogen and oxygen atoms in total. The number of ether oxygens (including phenoxy) is 1. The summed E-state index contributed by atoms with van der Waals surface area (Å²) in [5, 5.41) is 5.07. The fourth-order valence-electron chi connectivity index (χ4n) is 4.12. The SMILES string of the molecule is CC(C)c1ccc(OC[C@H]2c3ccsc3CCN2C(=O)CN(C(=O)NC(C)(C)C)C(C)C)cc1. The molecule has 2 aromatic rings. The molecule has 0 radical (unpaired) electrons. The van der Waals surface area contributed by atoms with Gasteiger partial charge in [0.25, 0.3) is 0 Å². The molecule has 34 heavy (non-hydrogen) atoms. The van der Waals surface area contributed by atoms with Crippen LogP contribution in [0.15, 0.2) is 35.7 Å².